The van der Waals surface area contributed by atoms with Crippen molar-refractivity contribution in [2.45, 2.75) is 31.6 Å². The fraction of sp³-hybridized carbons (Fsp3) is 0.348. The van der Waals surface area contributed by atoms with Gasteiger partial charge in [0.2, 0.25) is 17.7 Å². The largest absolute Gasteiger partial charge is 0.497 e. The van der Waals surface area contributed by atoms with Gasteiger partial charge in [0.25, 0.3) is 0 Å². The molecule has 4 aromatic rings. The maximum absolute atomic E-state index is 12.7. The maximum atomic E-state index is 12.7. The number of aromatic nitrogens is 3. The van der Waals surface area contributed by atoms with E-state index in [0.29, 0.717) is 30.5 Å². The highest BCUT2D eigenvalue weighted by Crippen LogP contribution is 2.34. The monoisotopic (exact) mass is 436 g/mol. The Hall–Kier alpha value is -3.13. The molecule has 0 unspecified atom stereocenters. The van der Waals surface area contributed by atoms with Crippen LogP contribution in [0.2, 0.25) is 0 Å². The fourth-order valence-corrected chi connectivity index (χ4v) is 4.89. The first-order valence-corrected chi connectivity index (χ1v) is 11.4. The number of H-pyrrole nitrogens is 1. The van der Waals surface area contributed by atoms with E-state index in [-0.39, 0.29) is 5.91 Å². The topological polar surface area (TPSA) is 84.2 Å². The molecule has 4 heterocycles. The van der Waals surface area contributed by atoms with Crippen molar-refractivity contribution in [1.29, 1.82) is 0 Å². The summed E-state index contributed by atoms with van der Waals surface area (Å²) in [6.45, 7) is 1.54. The third kappa shape index (κ3) is 4.07. The summed E-state index contributed by atoms with van der Waals surface area (Å²) in [7, 11) is 1.69. The molecule has 1 fully saturated rings. The van der Waals surface area contributed by atoms with Crippen molar-refractivity contribution in [3.63, 3.8) is 0 Å². The second kappa shape index (κ2) is 8.55. The summed E-state index contributed by atoms with van der Waals surface area (Å²) in [4.78, 5) is 18.0. The number of nitrogens with zero attached hydrogens (tertiary/aromatic N) is 3. The van der Waals surface area contributed by atoms with Gasteiger partial charge in [-0.2, -0.15) is 11.3 Å². The van der Waals surface area contributed by atoms with Crippen LogP contribution in [0, 0.1) is 0 Å². The van der Waals surface area contributed by atoms with Crippen molar-refractivity contribution in [3.05, 3.63) is 52.7 Å². The number of nitrogens with one attached hydrogen (secondary N) is 1. The molecule has 7 nitrogen and oxygen atoms in total. The number of benzene rings is 1. The van der Waals surface area contributed by atoms with Gasteiger partial charge in [0, 0.05) is 54.0 Å². The zero-order chi connectivity index (χ0) is 21.2. The Morgan fingerprint density at radius 2 is 2.16 bits per heavy atom. The van der Waals surface area contributed by atoms with Crippen molar-refractivity contribution < 1.29 is 13.9 Å². The van der Waals surface area contributed by atoms with Crippen LogP contribution in [0.3, 0.4) is 0 Å². The molecule has 1 amide bonds. The molecule has 0 saturated carbocycles. The minimum absolute atomic E-state index is 0.148. The predicted molar refractivity (Wildman–Crippen MR) is 119 cm³/mol. The van der Waals surface area contributed by atoms with Gasteiger partial charge in [0.15, 0.2) is 0 Å². The van der Waals surface area contributed by atoms with Gasteiger partial charge in [-0.3, -0.25) is 4.79 Å². The van der Waals surface area contributed by atoms with E-state index in [9.17, 15) is 4.79 Å². The minimum Gasteiger partial charge on any atom is -0.497 e. The van der Waals surface area contributed by atoms with E-state index in [1.165, 1.54) is 10.9 Å². The van der Waals surface area contributed by atoms with Gasteiger partial charge in [-0.15, -0.1) is 10.2 Å². The number of hydrogen-bond acceptors (Lipinski definition) is 6. The average Bonchev–Trinajstić information content (AvgIpc) is 3.57. The Bertz CT molecular complexity index is 1170. The molecule has 0 spiro atoms. The summed E-state index contributed by atoms with van der Waals surface area (Å²) in [5.41, 5.74) is 3.36. The van der Waals surface area contributed by atoms with Gasteiger partial charge >= 0.3 is 0 Å². The zero-order valence-corrected chi connectivity index (χ0v) is 18.2. The number of likely N-dealkylation sites (tertiary alicyclic amines) is 1. The van der Waals surface area contributed by atoms with Crippen molar-refractivity contribution in [3.8, 4) is 17.2 Å². The normalized spacial score (nSPS) is 14.9. The van der Waals surface area contributed by atoms with Crippen LogP contribution in [0.4, 0.5) is 0 Å². The third-order valence-electron chi connectivity index (χ3n) is 6.00. The molecule has 160 valence electrons. The number of carbonyl (C=O) groups is 1. The fourth-order valence-electron chi connectivity index (χ4n) is 4.26. The smallest absolute Gasteiger partial charge is 0.248 e. The van der Waals surface area contributed by atoms with Crippen LogP contribution >= 0.6 is 11.3 Å². The molecule has 31 heavy (non-hydrogen) atoms. The molecule has 0 bridgehead atoms. The van der Waals surface area contributed by atoms with E-state index in [4.69, 9.17) is 9.15 Å². The van der Waals surface area contributed by atoms with Crippen LogP contribution in [0.5, 0.6) is 5.75 Å². The summed E-state index contributed by atoms with van der Waals surface area (Å²) in [6.07, 6.45) is 4.88. The van der Waals surface area contributed by atoms with E-state index in [2.05, 4.69) is 33.5 Å². The number of carbonyl (C=O) groups excluding carboxylic acids is 1. The predicted octanol–water partition coefficient (Wildman–Crippen LogP) is 4.63. The number of aromatic amines is 1. The molecule has 8 heteroatoms. The minimum atomic E-state index is 0.148. The first-order valence-electron chi connectivity index (χ1n) is 10.5. The van der Waals surface area contributed by atoms with Gasteiger partial charge in [0.05, 0.1) is 7.11 Å². The second-order valence-corrected chi connectivity index (χ2v) is 8.60. The molecular weight excluding hydrogens is 412 g/mol. The number of fused-ring (bicyclic) bond motifs is 1. The van der Waals surface area contributed by atoms with Crippen LogP contribution in [0.1, 0.15) is 36.6 Å². The Balaban J connectivity index is 1.17. The van der Waals surface area contributed by atoms with Crippen molar-refractivity contribution in [2.24, 2.45) is 0 Å². The number of aryl methyl sites for hydroxylation is 1. The van der Waals surface area contributed by atoms with Gasteiger partial charge in [-0.25, -0.2) is 0 Å². The lowest BCUT2D eigenvalue weighted by atomic mass is 9.89. The lowest BCUT2D eigenvalue weighted by Gasteiger charge is -2.32. The molecule has 1 aliphatic rings. The molecule has 3 aromatic heterocycles. The van der Waals surface area contributed by atoms with Gasteiger partial charge in [0.1, 0.15) is 5.75 Å². The van der Waals surface area contributed by atoms with Gasteiger partial charge < -0.3 is 19.0 Å². The summed E-state index contributed by atoms with van der Waals surface area (Å²) in [5.74, 6) is 2.48. The number of thiophene rings is 1. The summed E-state index contributed by atoms with van der Waals surface area (Å²) in [5, 5.41) is 13.3. The average molecular weight is 437 g/mol. The van der Waals surface area contributed by atoms with E-state index in [1.54, 1.807) is 18.4 Å². The molecular formula is C23H24N4O3S. The van der Waals surface area contributed by atoms with Crippen molar-refractivity contribution in [1.82, 2.24) is 20.1 Å². The number of methoxy groups -OCH3 is 1. The van der Waals surface area contributed by atoms with Crippen LogP contribution < -0.4 is 4.74 Å². The SMILES string of the molecule is COc1ccc2[nH]cc(C3CCN(C(=O)CCc4nnc(-c5ccsc5)o4)CC3)c2c1. The molecule has 0 aliphatic carbocycles. The third-order valence-corrected chi connectivity index (χ3v) is 6.68. The first-order chi connectivity index (χ1) is 15.2. The number of rotatable bonds is 6. The molecule has 0 radical (unpaired) electrons. The Morgan fingerprint density at radius 3 is 2.94 bits per heavy atom. The number of piperidine rings is 1. The summed E-state index contributed by atoms with van der Waals surface area (Å²) in [6, 6.07) is 8.06. The lowest BCUT2D eigenvalue weighted by molar-refractivity contribution is -0.132. The van der Waals surface area contributed by atoms with E-state index in [1.807, 2.05) is 27.8 Å². The van der Waals surface area contributed by atoms with Crippen molar-refractivity contribution >= 4 is 28.1 Å². The second-order valence-electron chi connectivity index (χ2n) is 7.82. The van der Waals surface area contributed by atoms with Crippen LogP contribution in [0.15, 0.2) is 45.6 Å². The van der Waals surface area contributed by atoms with E-state index in [0.717, 1.165) is 42.8 Å². The molecule has 1 saturated heterocycles. The van der Waals surface area contributed by atoms with Gasteiger partial charge in [-0.1, -0.05) is 0 Å². The van der Waals surface area contributed by atoms with Crippen LogP contribution in [-0.2, 0) is 11.2 Å². The Labute approximate surface area is 184 Å². The summed E-state index contributed by atoms with van der Waals surface area (Å²) < 4.78 is 11.1. The molecule has 1 aromatic carbocycles. The van der Waals surface area contributed by atoms with E-state index >= 15 is 0 Å². The Morgan fingerprint density at radius 1 is 1.29 bits per heavy atom. The molecule has 1 N–H and O–H groups in total. The number of hydrogen-bond donors (Lipinski definition) is 1. The first kappa shape index (κ1) is 19.8. The van der Waals surface area contributed by atoms with Crippen molar-refractivity contribution in [2.75, 3.05) is 20.2 Å². The quantitative estimate of drug-likeness (QED) is 0.476. The highest BCUT2D eigenvalue weighted by atomic mass is 32.1. The lowest BCUT2D eigenvalue weighted by Crippen LogP contribution is -2.38. The zero-order valence-electron chi connectivity index (χ0n) is 17.3. The Kier molecular flexibility index (Phi) is 5.46. The highest BCUT2D eigenvalue weighted by Gasteiger charge is 2.25. The van der Waals surface area contributed by atoms with Crippen LogP contribution in [0.25, 0.3) is 22.4 Å². The standard InChI is InChI=1S/C23H24N4O3S/c1-29-17-2-3-20-18(12-17)19(13-24-20)15-6-9-27(10-7-15)22(28)5-4-21-25-26-23(30-21)16-8-11-31-14-16/h2-3,8,11-15,24H,4-7,9-10H2,1H3. The molecule has 1 aliphatic heterocycles. The molecule has 5 rings (SSSR count). The number of amides is 1. The van der Waals surface area contributed by atoms with Gasteiger partial charge in [-0.05, 0) is 54.0 Å². The van der Waals surface area contributed by atoms with Crippen LogP contribution in [-0.4, -0.2) is 46.2 Å². The molecule has 0 atom stereocenters. The maximum Gasteiger partial charge on any atom is 0.248 e. The van der Waals surface area contributed by atoms with E-state index < -0.39 is 0 Å². The number of ether oxygens (including phenoxy) is 1. The summed E-state index contributed by atoms with van der Waals surface area (Å²) >= 11 is 1.59. The highest BCUT2D eigenvalue weighted by molar-refractivity contribution is 7.08.